The van der Waals surface area contributed by atoms with Crippen LogP contribution in [-0.2, 0) is 14.3 Å². The molecule has 160 valence electrons. The smallest absolute Gasteiger partial charge is 0.348 e. The van der Waals surface area contributed by atoms with Crippen molar-refractivity contribution in [3.63, 3.8) is 0 Å². The van der Waals surface area contributed by atoms with Crippen molar-refractivity contribution >= 4 is 39.9 Å². The summed E-state index contributed by atoms with van der Waals surface area (Å²) in [6, 6.07) is 5.62. The zero-order valence-corrected chi connectivity index (χ0v) is 17.4. The molecule has 0 spiro atoms. The van der Waals surface area contributed by atoms with Gasteiger partial charge in [-0.1, -0.05) is 12.1 Å². The summed E-state index contributed by atoms with van der Waals surface area (Å²) in [6.45, 7) is 4.54. The van der Waals surface area contributed by atoms with Crippen LogP contribution in [0.15, 0.2) is 24.3 Å². The highest BCUT2D eigenvalue weighted by Gasteiger charge is 2.27. The van der Waals surface area contributed by atoms with E-state index in [1.165, 1.54) is 24.3 Å². The van der Waals surface area contributed by atoms with Crippen molar-refractivity contribution < 1.29 is 33.5 Å². The van der Waals surface area contributed by atoms with Gasteiger partial charge in [-0.15, -0.1) is 11.3 Å². The number of para-hydroxylation sites is 2. The van der Waals surface area contributed by atoms with E-state index in [2.05, 4.69) is 5.32 Å². The Hall–Kier alpha value is -3.47. The molecule has 2 aromatic rings. The van der Waals surface area contributed by atoms with E-state index >= 15 is 0 Å². The quantitative estimate of drug-likeness (QED) is 0.359. The molecule has 1 aromatic carbocycles. The molecule has 0 saturated heterocycles. The van der Waals surface area contributed by atoms with E-state index in [9.17, 15) is 24.5 Å². The number of nitro benzene ring substituents is 1. The Labute approximate surface area is 175 Å². The summed E-state index contributed by atoms with van der Waals surface area (Å²) in [5, 5.41) is 13.6. The van der Waals surface area contributed by atoms with Gasteiger partial charge in [0.25, 0.3) is 5.91 Å². The third-order valence-corrected chi connectivity index (χ3v) is 4.95. The van der Waals surface area contributed by atoms with Gasteiger partial charge in [0.05, 0.1) is 23.7 Å². The molecule has 1 amide bonds. The Kier molecular flexibility index (Phi) is 7.87. The minimum atomic E-state index is -0.697. The van der Waals surface area contributed by atoms with Gasteiger partial charge in [0.2, 0.25) is 0 Å². The molecule has 1 N–H and O–H groups in total. The molecule has 0 aliphatic carbocycles. The molecule has 0 atom stereocenters. The molecule has 11 heteroatoms. The van der Waals surface area contributed by atoms with Crippen LogP contribution in [0.25, 0.3) is 0 Å². The Balaban J connectivity index is 2.23. The van der Waals surface area contributed by atoms with Gasteiger partial charge in [0.1, 0.15) is 9.88 Å². The van der Waals surface area contributed by atoms with E-state index < -0.39 is 29.4 Å². The zero-order chi connectivity index (χ0) is 22.3. The number of nitro groups is 1. The number of thiophene rings is 1. The lowest BCUT2D eigenvalue weighted by molar-refractivity contribution is -0.385. The molecular weight excluding hydrogens is 416 g/mol. The fourth-order valence-corrected chi connectivity index (χ4v) is 3.58. The average Bonchev–Trinajstić information content (AvgIpc) is 3.02. The number of rotatable bonds is 9. The Morgan fingerprint density at radius 3 is 2.37 bits per heavy atom. The van der Waals surface area contributed by atoms with Gasteiger partial charge >= 0.3 is 17.6 Å². The molecule has 0 bridgehead atoms. The normalized spacial score (nSPS) is 10.2. The molecule has 10 nitrogen and oxygen atoms in total. The predicted molar refractivity (Wildman–Crippen MR) is 108 cm³/mol. The summed E-state index contributed by atoms with van der Waals surface area (Å²) in [5.74, 6) is -2.06. The number of carbonyl (C=O) groups is 3. The van der Waals surface area contributed by atoms with Gasteiger partial charge in [-0.2, -0.15) is 0 Å². The molecule has 0 aliphatic rings. The fraction of sp³-hybridized carbons (Fsp3) is 0.316. The van der Waals surface area contributed by atoms with E-state index in [0.29, 0.717) is 5.56 Å². The summed E-state index contributed by atoms with van der Waals surface area (Å²) in [4.78, 5) is 47.4. The number of nitrogens with zero attached hydrogens (tertiary/aromatic N) is 1. The molecule has 1 heterocycles. The first-order chi connectivity index (χ1) is 14.3. The topological polar surface area (TPSA) is 134 Å². The van der Waals surface area contributed by atoms with E-state index in [1.807, 2.05) is 0 Å². The van der Waals surface area contributed by atoms with Gasteiger partial charge in [-0.05, 0) is 32.4 Å². The molecule has 0 saturated carbocycles. The van der Waals surface area contributed by atoms with Crippen LogP contribution >= 0.6 is 11.3 Å². The first-order valence-electron chi connectivity index (χ1n) is 8.93. The maximum absolute atomic E-state index is 12.3. The van der Waals surface area contributed by atoms with E-state index in [4.69, 9.17) is 14.2 Å². The maximum atomic E-state index is 12.3. The van der Waals surface area contributed by atoms with Gasteiger partial charge in [-0.3, -0.25) is 14.9 Å². The van der Waals surface area contributed by atoms with Crippen LogP contribution in [0.3, 0.4) is 0 Å². The minimum absolute atomic E-state index is 0.0453. The molecular formula is C19H20N2O8S. The second-order valence-electron chi connectivity index (χ2n) is 5.76. The highest BCUT2D eigenvalue weighted by Crippen LogP contribution is 2.34. The predicted octanol–water partition coefficient (Wildman–Crippen LogP) is 3.34. The van der Waals surface area contributed by atoms with Crippen molar-refractivity contribution in [2.24, 2.45) is 0 Å². The van der Waals surface area contributed by atoms with Crippen LogP contribution < -0.4 is 10.1 Å². The van der Waals surface area contributed by atoms with E-state index in [-0.39, 0.29) is 40.1 Å². The second kappa shape index (κ2) is 10.3. The van der Waals surface area contributed by atoms with E-state index in [0.717, 1.165) is 11.3 Å². The highest BCUT2D eigenvalue weighted by atomic mass is 32.1. The van der Waals surface area contributed by atoms with Crippen LogP contribution in [0.1, 0.15) is 39.4 Å². The van der Waals surface area contributed by atoms with Crippen LogP contribution in [0.4, 0.5) is 10.7 Å². The molecule has 30 heavy (non-hydrogen) atoms. The molecule has 2 rings (SSSR count). The first kappa shape index (κ1) is 22.8. The van der Waals surface area contributed by atoms with Crippen LogP contribution in [0, 0.1) is 17.0 Å². The van der Waals surface area contributed by atoms with Crippen molar-refractivity contribution in [3.8, 4) is 5.75 Å². The maximum Gasteiger partial charge on any atom is 0.348 e. The van der Waals surface area contributed by atoms with Crippen molar-refractivity contribution in [2.75, 3.05) is 25.1 Å². The molecule has 1 aromatic heterocycles. The number of amides is 1. The Bertz CT molecular complexity index is 969. The van der Waals surface area contributed by atoms with Crippen molar-refractivity contribution in [1.29, 1.82) is 0 Å². The Morgan fingerprint density at radius 2 is 1.73 bits per heavy atom. The summed E-state index contributed by atoms with van der Waals surface area (Å²) < 4.78 is 15.2. The lowest BCUT2D eigenvalue weighted by Gasteiger charge is -2.08. The fourth-order valence-electron chi connectivity index (χ4n) is 2.48. The van der Waals surface area contributed by atoms with Crippen molar-refractivity contribution in [1.82, 2.24) is 0 Å². The molecule has 0 radical (unpaired) electrons. The lowest BCUT2D eigenvalue weighted by Crippen LogP contribution is -2.21. The van der Waals surface area contributed by atoms with Crippen molar-refractivity contribution in [3.05, 3.63) is 50.4 Å². The number of hydrogen-bond donors (Lipinski definition) is 1. The molecule has 0 aliphatic heterocycles. The van der Waals surface area contributed by atoms with E-state index in [1.54, 1.807) is 20.8 Å². The monoisotopic (exact) mass is 436 g/mol. The SMILES string of the molecule is CCOC(=O)c1sc(NC(=O)COc2ccccc2[N+](=O)[O-])c(C(=O)OCC)c1C. The minimum Gasteiger partial charge on any atom is -0.477 e. The number of anilines is 1. The number of nitrogens with one attached hydrogen (secondary N) is 1. The van der Waals surface area contributed by atoms with Crippen LogP contribution in [-0.4, -0.2) is 42.6 Å². The van der Waals surface area contributed by atoms with Gasteiger partial charge < -0.3 is 19.5 Å². The summed E-state index contributed by atoms with van der Waals surface area (Å²) >= 11 is 0.875. The third kappa shape index (κ3) is 5.32. The lowest BCUT2D eigenvalue weighted by atomic mass is 10.1. The first-order valence-corrected chi connectivity index (χ1v) is 9.75. The molecule has 0 fully saturated rings. The number of benzene rings is 1. The zero-order valence-electron chi connectivity index (χ0n) is 16.6. The summed E-state index contributed by atoms with van der Waals surface area (Å²) in [5.41, 5.74) is 0.0878. The molecule has 0 unspecified atom stereocenters. The third-order valence-electron chi connectivity index (χ3n) is 3.76. The van der Waals surface area contributed by atoms with Crippen molar-refractivity contribution in [2.45, 2.75) is 20.8 Å². The Morgan fingerprint density at radius 1 is 1.10 bits per heavy atom. The second-order valence-corrected chi connectivity index (χ2v) is 6.78. The number of hydrogen-bond acceptors (Lipinski definition) is 9. The summed E-state index contributed by atoms with van der Waals surface area (Å²) in [7, 11) is 0. The number of carbonyl (C=O) groups excluding carboxylic acids is 3. The standard InChI is InChI=1S/C19H20N2O8S/c1-4-27-18(23)15-11(3)16(19(24)28-5-2)30-17(15)20-14(22)10-29-13-9-7-6-8-12(13)21(25)26/h6-9H,4-5,10H2,1-3H3,(H,20,22). The van der Waals surface area contributed by atoms with Gasteiger partial charge in [0, 0.05) is 6.07 Å². The number of esters is 2. The highest BCUT2D eigenvalue weighted by molar-refractivity contribution is 7.18. The largest absolute Gasteiger partial charge is 0.477 e. The average molecular weight is 436 g/mol. The van der Waals surface area contributed by atoms with Crippen LogP contribution in [0.5, 0.6) is 5.75 Å². The van der Waals surface area contributed by atoms with Gasteiger partial charge in [-0.25, -0.2) is 9.59 Å². The summed E-state index contributed by atoms with van der Waals surface area (Å²) in [6.07, 6.45) is 0. The van der Waals surface area contributed by atoms with Gasteiger partial charge in [0.15, 0.2) is 12.4 Å². The number of ether oxygens (including phenoxy) is 3. The van der Waals surface area contributed by atoms with Crippen LogP contribution in [0.2, 0.25) is 0 Å².